The first-order valence-electron chi connectivity index (χ1n) is 6.57. The quantitative estimate of drug-likeness (QED) is 0.869. The van der Waals surface area contributed by atoms with Gasteiger partial charge in [-0.1, -0.05) is 37.3 Å². The van der Waals surface area contributed by atoms with Crippen molar-refractivity contribution < 1.29 is 0 Å². The molecule has 1 atom stereocenters. The van der Waals surface area contributed by atoms with Crippen LogP contribution in [-0.4, -0.2) is 21.7 Å². The Hall–Kier alpha value is -1.68. The largest absolute Gasteiger partial charge is 0.305 e. The molecule has 0 bridgehead atoms. The second kappa shape index (κ2) is 4.53. The van der Waals surface area contributed by atoms with E-state index in [4.69, 9.17) is 0 Å². The first kappa shape index (κ1) is 11.4. The molecule has 1 saturated heterocycles. The zero-order valence-corrected chi connectivity index (χ0v) is 10.6. The highest BCUT2D eigenvalue weighted by Crippen LogP contribution is 2.32. The zero-order valence-electron chi connectivity index (χ0n) is 10.6. The molecule has 0 spiro atoms. The van der Waals surface area contributed by atoms with E-state index < -0.39 is 0 Å². The zero-order chi connectivity index (χ0) is 12.4. The Morgan fingerprint density at radius 2 is 2.11 bits per heavy atom. The maximum absolute atomic E-state index is 4.68. The van der Waals surface area contributed by atoms with Crippen molar-refractivity contribution in [3.63, 3.8) is 0 Å². The summed E-state index contributed by atoms with van der Waals surface area (Å²) in [6.45, 7) is 3.26. The molecular formula is C14H18N4. The second-order valence-corrected chi connectivity index (χ2v) is 4.84. The van der Waals surface area contributed by atoms with E-state index in [2.05, 4.69) is 27.4 Å². The van der Waals surface area contributed by atoms with Gasteiger partial charge >= 0.3 is 0 Å². The lowest BCUT2D eigenvalue weighted by molar-refractivity contribution is 0.354. The van der Waals surface area contributed by atoms with Crippen LogP contribution < -0.4 is 5.32 Å². The number of benzene rings is 1. The molecule has 4 nitrogen and oxygen atoms in total. The van der Waals surface area contributed by atoms with E-state index in [9.17, 15) is 0 Å². The minimum Gasteiger partial charge on any atom is -0.305 e. The standard InChI is InChI=1S/C14H18N4/c1-2-14(9-6-10-15-14)13-16-12(17-18-13)11-7-4-3-5-8-11/h3-5,7-8,15H,2,6,9-10H2,1H3,(H,16,17,18). The van der Waals surface area contributed by atoms with Gasteiger partial charge in [-0.15, -0.1) is 0 Å². The molecule has 1 fully saturated rings. The molecule has 2 N–H and O–H groups in total. The molecule has 1 unspecified atom stereocenters. The van der Waals surface area contributed by atoms with E-state index in [0.29, 0.717) is 0 Å². The van der Waals surface area contributed by atoms with Gasteiger partial charge in [0.15, 0.2) is 5.82 Å². The fraction of sp³-hybridized carbons (Fsp3) is 0.429. The Morgan fingerprint density at radius 1 is 1.28 bits per heavy atom. The summed E-state index contributed by atoms with van der Waals surface area (Å²) in [5.74, 6) is 1.76. The van der Waals surface area contributed by atoms with E-state index in [1.807, 2.05) is 30.3 Å². The van der Waals surface area contributed by atoms with Crippen LogP contribution in [0.3, 0.4) is 0 Å². The maximum atomic E-state index is 4.68. The molecule has 18 heavy (non-hydrogen) atoms. The first-order chi connectivity index (χ1) is 8.84. The van der Waals surface area contributed by atoms with Crippen molar-refractivity contribution in [3.05, 3.63) is 36.2 Å². The molecular weight excluding hydrogens is 224 g/mol. The lowest BCUT2D eigenvalue weighted by atomic mass is 9.93. The van der Waals surface area contributed by atoms with Crippen molar-refractivity contribution in [2.24, 2.45) is 0 Å². The Balaban J connectivity index is 1.94. The molecule has 2 heterocycles. The van der Waals surface area contributed by atoms with E-state index >= 15 is 0 Å². The smallest absolute Gasteiger partial charge is 0.181 e. The number of rotatable bonds is 3. The van der Waals surface area contributed by atoms with Crippen molar-refractivity contribution in [3.8, 4) is 11.4 Å². The van der Waals surface area contributed by atoms with Crippen molar-refractivity contribution in [2.75, 3.05) is 6.54 Å². The van der Waals surface area contributed by atoms with Crippen LogP contribution >= 0.6 is 0 Å². The number of hydrogen-bond donors (Lipinski definition) is 2. The summed E-state index contributed by atoms with van der Waals surface area (Å²) in [4.78, 5) is 4.68. The average Bonchev–Trinajstić information content (AvgIpc) is 3.09. The third-order valence-electron chi connectivity index (χ3n) is 3.82. The molecule has 3 rings (SSSR count). The van der Waals surface area contributed by atoms with Gasteiger partial charge in [-0.3, -0.25) is 5.10 Å². The highest BCUT2D eigenvalue weighted by molar-refractivity contribution is 5.54. The van der Waals surface area contributed by atoms with Gasteiger partial charge in [0, 0.05) is 5.56 Å². The molecule has 0 saturated carbocycles. The molecule has 4 heteroatoms. The topological polar surface area (TPSA) is 53.6 Å². The van der Waals surface area contributed by atoms with Crippen molar-refractivity contribution >= 4 is 0 Å². The third-order valence-corrected chi connectivity index (χ3v) is 3.82. The SMILES string of the molecule is CCC1(c2nc(-c3ccccc3)n[nH]2)CCCN1. The first-order valence-corrected chi connectivity index (χ1v) is 6.57. The van der Waals surface area contributed by atoms with Gasteiger partial charge in [0.1, 0.15) is 5.82 Å². The Kier molecular flexibility index (Phi) is 2.88. The number of nitrogens with one attached hydrogen (secondary N) is 2. The summed E-state index contributed by atoms with van der Waals surface area (Å²) in [6, 6.07) is 10.1. The van der Waals surface area contributed by atoms with E-state index in [-0.39, 0.29) is 5.54 Å². The van der Waals surface area contributed by atoms with Crippen LogP contribution in [0.1, 0.15) is 32.0 Å². The number of H-pyrrole nitrogens is 1. The molecule has 0 amide bonds. The van der Waals surface area contributed by atoms with Crippen molar-refractivity contribution in [1.82, 2.24) is 20.5 Å². The summed E-state index contributed by atoms with van der Waals surface area (Å²) in [5.41, 5.74) is 1.06. The Labute approximate surface area is 107 Å². The van der Waals surface area contributed by atoms with Crippen LogP contribution in [0.5, 0.6) is 0 Å². The highest BCUT2D eigenvalue weighted by atomic mass is 15.2. The van der Waals surface area contributed by atoms with Crippen LogP contribution in [0.25, 0.3) is 11.4 Å². The molecule has 1 aromatic heterocycles. The van der Waals surface area contributed by atoms with Crippen molar-refractivity contribution in [2.45, 2.75) is 31.7 Å². The van der Waals surface area contributed by atoms with Crippen LogP contribution in [-0.2, 0) is 5.54 Å². The summed E-state index contributed by atoms with van der Waals surface area (Å²) >= 11 is 0. The van der Waals surface area contributed by atoms with Crippen LogP contribution in [0.2, 0.25) is 0 Å². The molecule has 0 aliphatic carbocycles. The molecule has 94 valence electrons. The number of aromatic amines is 1. The predicted molar refractivity (Wildman–Crippen MR) is 71.0 cm³/mol. The highest BCUT2D eigenvalue weighted by Gasteiger charge is 2.36. The van der Waals surface area contributed by atoms with Crippen LogP contribution in [0, 0.1) is 0 Å². The fourth-order valence-electron chi connectivity index (χ4n) is 2.67. The lowest BCUT2D eigenvalue weighted by Crippen LogP contribution is -2.37. The van der Waals surface area contributed by atoms with Gasteiger partial charge in [0.2, 0.25) is 0 Å². The normalized spacial score (nSPS) is 23.4. The van der Waals surface area contributed by atoms with Gasteiger partial charge in [-0.2, -0.15) is 5.10 Å². The molecule has 2 aromatic rings. The van der Waals surface area contributed by atoms with Gasteiger partial charge in [0.25, 0.3) is 0 Å². The summed E-state index contributed by atoms with van der Waals surface area (Å²) in [6.07, 6.45) is 3.37. The van der Waals surface area contributed by atoms with Gasteiger partial charge in [-0.25, -0.2) is 4.98 Å². The van der Waals surface area contributed by atoms with Gasteiger partial charge in [-0.05, 0) is 25.8 Å². The minimum atomic E-state index is 0.0000301. The summed E-state index contributed by atoms with van der Waals surface area (Å²) in [7, 11) is 0. The molecule has 1 aromatic carbocycles. The Bertz CT molecular complexity index is 512. The van der Waals surface area contributed by atoms with Gasteiger partial charge < -0.3 is 5.32 Å². The molecule has 1 aliphatic heterocycles. The van der Waals surface area contributed by atoms with E-state index in [0.717, 1.165) is 36.6 Å². The number of hydrogen-bond acceptors (Lipinski definition) is 3. The Morgan fingerprint density at radius 3 is 2.78 bits per heavy atom. The summed E-state index contributed by atoms with van der Waals surface area (Å²) in [5, 5.41) is 11.0. The molecule has 1 aliphatic rings. The minimum absolute atomic E-state index is 0.0000301. The number of nitrogens with zero attached hydrogens (tertiary/aromatic N) is 2. The fourth-order valence-corrected chi connectivity index (χ4v) is 2.67. The average molecular weight is 242 g/mol. The predicted octanol–water partition coefficient (Wildman–Crippen LogP) is 2.46. The van der Waals surface area contributed by atoms with Gasteiger partial charge in [0.05, 0.1) is 5.54 Å². The molecule has 0 radical (unpaired) electrons. The number of aromatic nitrogens is 3. The summed E-state index contributed by atoms with van der Waals surface area (Å²) < 4.78 is 0. The van der Waals surface area contributed by atoms with E-state index in [1.165, 1.54) is 6.42 Å². The second-order valence-electron chi connectivity index (χ2n) is 4.84. The van der Waals surface area contributed by atoms with Crippen molar-refractivity contribution in [1.29, 1.82) is 0 Å². The van der Waals surface area contributed by atoms with Crippen LogP contribution in [0.4, 0.5) is 0 Å². The third kappa shape index (κ3) is 1.82. The maximum Gasteiger partial charge on any atom is 0.181 e. The van der Waals surface area contributed by atoms with E-state index in [1.54, 1.807) is 0 Å². The van der Waals surface area contributed by atoms with Crippen LogP contribution in [0.15, 0.2) is 30.3 Å². The monoisotopic (exact) mass is 242 g/mol. The lowest BCUT2D eigenvalue weighted by Gasteiger charge is -2.24.